The van der Waals surface area contributed by atoms with Gasteiger partial charge in [0.2, 0.25) is 0 Å². The van der Waals surface area contributed by atoms with E-state index in [0.717, 1.165) is 30.5 Å². The van der Waals surface area contributed by atoms with Crippen LogP contribution < -0.4 is 5.32 Å². The fourth-order valence-electron chi connectivity index (χ4n) is 2.97. The first-order chi connectivity index (χ1) is 8.70. The SMILES string of the molecule is CCCC[C@@H]1C(=O)O[C@@H]2Nc3ccc(O)cc3[C@H]12. The minimum atomic E-state index is -0.254. The molecule has 96 valence electrons. The lowest BCUT2D eigenvalue weighted by Crippen LogP contribution is -2.18. The van der Waals surface area contributed by atoms with Crippen molar-refractivity contribution in [1.29, 1.82) is 0 Å². The average Bonchev–Trinajstić information content (AvgIpc) is 2.82. The van der Waals surface area contributed by atoms with Crippen molar-refractivity contribution in [3.63, 3.8) is 0 Å². The summed E-state index contributed by atoms with van der Waals surface area (Å²) in [5.74, 6) is 0.0985. The van der Waals surface area contributed by atoms with Crippen LogP contribution in [0.3, 0.4) is 0 Å². The zero-order valence-electron chi connectivity index (χ0n) is 10.3. The Morgan fingerprint density at radius 1 is 1.44 bits per heavy atom. The molecule has 0 unspecified atom stereocenters. The van der Waals surface area contributed by atoms with E-state index in [4.69, 9.17) is 4.74 Å². The number of anilines is 1. The van der Waals surface area contributed by atoms with E-state index in [-0.39, 0.29) is 29.8 Å². The number of aromatic hydroxyl groups is 1. The second-order valence-corrected chi connectivity index (χ2v) is 5.05. The molecule has 2 heterocycles. The molecule has 0 aromatic heterocycles. The molecular weight excluding hydrogens is 230 g/mol. The van der Waals surface area contributed by atoms with E-state index in [1.165, 1.54) is 0 Å². The largest absolute Gasteiger partial charge is 0.508 e. The Labute approximate surface area is 106 Å². The maximum Gasteiger partial charge on any atom is 0.311 e. The maximum atomic E-state index is 11.9. The number of phenols is 1. The predicted octanol–water partition coefficient (Wildman–Crippen LogP) is 2.59. The molecule has 4 nitrogen and oxygen atoms in total. The van der Waals surface area contributed by atoms with Crippen molar-refractivity contribution in [2.75, 3.05) is 5.32 Å². The molecule has 0 amide bonds. The number of ether oxygens (including phenoxy) is 1. The first-order valence-corrected chi connectivity index (χ1v) is 6.50. The van der Waals surface area contributed by atoms with Gasteiger partial charge < -0.3 is 15.2 Å². The summed E-state index contributed by atoms with van der Waals surface area (Å²) in [5.41, 5.74) is 1.98. The number of carbonyl (C=O) groups excluding carboxylic acids is 1. The zero-order valence-corrected chi connectivity index (χ0v) is 10.3. The Bertz CT molecular complexity index is 486. The van der Waals surface area contributed by atoms with Crippen molar-refractivity contribution in [3.05, 3.63) is 23.8 Å². The summed E-state index contributed by atoms with van der Waals surface area (Å²) in [6.45, 7) is 2.12. The van der Waals surface area contributed by atoms with Gasteiger partial charge in [-0.2, -0.15) is 0 Å². The molecule has 0 spiro atoms. The number of fused-ring (bicyclic) bond motifs is 3. The molecule has 2 aliphatic rings. The Morgan fingerprint density at radius 2 is 2.28 bits per heavy atom. The lowest BCUT2D eigenvalue weighted by Gasteiger charge is -2.13. The Hall–Kier alpha value is -1.71. The van der Waals surface area contributed by atoms with Crippen LogP contribution >= 0.6 is 0 Å². The molecule has 0 bridgehead atoms. The third-order valence-corrected chi connectivity index (χ3v) is 3.87. The lowest BCUT2D eigenvalue weighted by atomic mass is 9.85. The van der Waals surface area contributed by atoms with Gasteiger partial charge in [-0.15, -0.1) is 0 Å². The molecule has 1 fully saturated rings. The van der Waals surface area contributed by atoms with E-state index in [0.29, 0.717) is 0 Å². The lowest BCUT2D eigenvalue weighted by molar-refractivity contribution is -0.143. The molecule has 0 saturated carbocycles. The van der Waals surface area contributed by atoms with E-state index >= 15 is 0 Å². The smallest absolute Gasteiger partial charge is 0.311 e. The third-order valence-electron chi connectivity index (χ3n) is 3.87. The van der Waals surface area contributed by atoms with Crippen LogP contribution in [0.2, 0.25) is 0 Å². The van der Waals surface area contributed by atoms with Crippen molar-refractivity contribution >= 4 is 11.7 Å². The Kier molecular flexibility index (Phi) is 2.65. The molecule has 4 heteroatoms. The van der Waals surface area contributed by atoms with Gasteiger partial charge in [-0.1, -0.05) is 19.8 Å². The van der Waals surface area contributed by atoms with Crippen LogP contribution in [0.1, 0.15) is 37.7 Å². The van der Waals surface area contributed by atoms with Gasteiger partial charge in [0.25, 0.3) is 0 Å². The second-order valence-electron chi connectivity index (χ2n) is 5.05. The van der Waals surface area contributed by atoms with Crippen LogP contribution in [-0.4, -0.2) is 17.3 Å². The number of phenolic OH excluding ortho intramolecular Hbond substituents is 1. The quantitative estimate of drug-likeness (QED) is 0.636. The molecule has 0 radical (unpaired) electrons. The van der Waals surface area contributed by atoms with Gasteiger partial charge in [-0.3, -0.25) is 4.79 Å². The maximum absolute atomic E-state index is 11.9. The topological polar surface area (TPSA) is 58.6 Å². The minimum Gasteiger partial charge on any atom is -0.508 e. The van der Waals surface area contributed by atoms with Crippen molar-refractivity contribution in [1.82, 2.24) is 0 Å². The van der Waals surface area contributed by atoms with Crippen LogP contribution in [-0.2, 0) is 9.53 Å². The molecule has 2 aliphatic heterocycles. The van der Waals surface area contributed by atoms with Crippen LogP contribution in [0.25, 0.3) is 0 Å². The van der Waals surface area contributed by atoms with Crippen molar-refractivity contribution < 1.29 is 14.6 Å². The molecule has 1 saturated heterocycles. The molecule has 3 rings (SSSR count). The predicted molar refractivity (Wildman–Crippen MR) is 67.4 cm³/mol. The number of esters is 1. The van der Waals surface area contributed by atoms with Crippen LogP contribution in [0, 0.1) is 5.92 Å². The Balaban J connectivity index is 1.92. The van der Waals surface area contributed by atoms with E-state index in [9.17, 15) is 9.90 Å². The van der Waals surface area contributed by atoms with Crippen molar-refractivity contribution in [2.24, 2.45) is 5.92 Å². The van der Waals surface area contributed by atoms with Gasteiger partial charge in [-0.25, -0.2) is 0 Å². The van der Waals surface area contributed by atoms with Gasteiger partial charge in [0.1, 0.15) is 5.75 Å². The van der Waals surface area contributed by atoms with Crippen molar-refractivity contribution in [2.45, 2.75) is 38.3 Å². The van der Waals surface area contributed by atoms with E-state index < -0.39 is 0 Å². The molecule has 1 aromatic carbocycles. The summed E-state index contributed by atoms with van der Waals surface area (Å²) in [4.78, 5) is 11.9. The summed E-state index contributed by atoms with van der Waals surface area (Å²) in [5, 5.41) is 12.8. The van der Waals surface area contributed by atoms with Gasteiger partial charge >= 0.3 is 5.97 Å². The molecule has 3 atom stereocenters. The molecular formula is C14H17NO3. The number of benzene rings is 1. The number of nitrogens with one attached hydrogen (secondary N) is 1. The highest BCUT2D eigenvalue weighted by Crippen LogP contribution is 2.48. The second kappa shape index (κ2) is 4.19. The van der Waals surface area contributed by atoms with Crippen LogP contribution in [0.4, 0.5) is 5.69 Å². The summed E-state index contributed by atoms with van der Waals surface area (Å²) < 4.78 is 5.39. The normalized spacial score (nSPS) is 28.5. The molecule has 0 aliphatic carbocycles. The van der Waals surface area contributed by atoms with Gasteiger partial charge in [0.15, 0.2) is 6.23 Å². The average molecular weight is 247 g/mol. The number of rotatable bonds is 3. The van der Waals surface area contributed by atoms with Crippen molar-refractivity contribution in [3.8, 4) is 5.75 Å². The van der Waals surface area contributed by atoms with Gasteiger partial charge in [-0.05, 0) is 30.2 Å². The first-order valence-electron chi connectivity index (χ1n) is 6.50. The third kappa shape index (κ3) is 1.64. The van der Waals surface area contributed by atoms with E-state index in [1.54, 1.807) is 12.1 Å². The summed E-state index contributed by atoms with van der Waals surface area (Å²) in [7, 11) is 0. The summed E-state index contributed by atoms with van der Waals surface area (Å²) >= 11 is 0. The number of hydrogen-bond acceptors (Lipinski definition) is 4. The molecule has 18 heavy (non-hydrogen) atoms. The number of hydrogen-bond donors (Lipinski definition) is 2. The van der Waals surface area contributed by atoms with Gasteiger partial charge in [0, 0.05) is 5.69 Å². The molecule has 2 N–H and O–H groups in total. The highest BCUT2D eigenvalue weighted by atomic mass is 16.6. The number of carbonyl (C=O) groups is 1. The fourth-order valence-corrected chi connectivity index (χ4v) is 2.97. The molecule has 1 aromatic rings. The summed E-state index contributed by atoms with van der Waals surface area (Å²) in [6, 6.07) is 5.23. The standard InChI is InChI=1S/C14H17NO3/c1-2-3-4-9-12-10-7-8(16)5-6-11(10)15-13(12)18-14(9)17/h5-7,9,12-13,15-16H,2-4H2,1H3/t9-,12-,13-/m0/s1. The van der Waals surface area contributed by atoms with Crippen LogP contribution in [0.5, 0.6) is 5.75 Å². The Morgan fingerprint density at radius 3 is 3.06 bits per heavy atom. The highest BCUT2D eigenvalue weighted by Gasteiger charge is 2.49. The van der Waals surface area contributed by atoms with E-state index in [2.05, 4.69) is 12.2 Å². The van der Waals surface area contributed by atoms with E-state index in [1.807, 2.05) is 6.07 Å². The van der Waals surface area contributed by atoms with Gasteiger partial charge in [0.05, 0.1) is 11.8 Å². The van der Waals surface area contributed by atoms with Crippen LogP contribution in [0.15, 0.2) is 18.2 Å². The fraction of sp³-hybridized carbons (Fsp3) is 0.500. The first kappa shape index (κ1) is 11.4. The highest BCUT2D eigenvalue weighted by molar-refractivity contribution is 5.80. The summed E-state index contributed by atoms with van der Waals surface area (Å²) in [6.07, 6.45) is 2.70. The number of unbranched alkanes of at least 4 members (excludes halogenated alkanes) is 1. The monoisotopic (exact) mass is 247 g/mol. The minimum absolute atomic E-state index is 0.0474. The zero-order chi connectivity index (χ0) is 12.7.